The first kappa shape index (κ1) is 13.8. The summed E-state index contributed by atoms with van der Waals surface area (Å²) in [6, 6.07) is 0. The molecule has 0 saturated carbocycles. The van der Waals surface area contributed by atoms with Crippen molar-refractivity contribution in [3.8, 4) is 0 Å². The van der Waals surface area contributed by atoms with Gasteiger partial charge >= 0.3 is 0 Å². The fourth-order valence-corrected chi connectivity index (χ4v) is 1.43. The van der Waals surface area contributed by atoms with Crippen molar-refractivity contribution < 1.29 is 4.74 Å². The van der Waals surface area contributed by atoms with Crippen molar-refractivity contribution in [2.24, 2.45) is 5.84 Å². The van der Waals surface area contributed by atoms with Gasteiger partial charge in [-0.2, -0.15) is 0 Å². The molecule has 0 spiro atoms. The fraction of sp³-hybridized carbons (Fsp3) is 0.636. The van der Waals surface area contributed by atoms with Crippen LogP contribution < -0.4 is 11.3 Å². The van der Waals surface area contributed by atoms with Gasteiger partial charge < -0.3 is 10.2 Å². The third-order valence-corrected chi connectivity index (χ3v) is 2.44. The Morgan fingerprint density at radius 3 is 2.71 bits per heavy atom. The highest BCUT2D eigenvalue weighted by atomic mass is 16.5. The van der Waals surface area contributed by atoms with E-state index in [4.69, 9.17) is 10.6 Å². The highest BCUT2D eigenvalue weighted by Crippen LogP contribution is 2.03. The lowest BCUT2D eigenvalue weighted by molar-refractivity contribution is 0.112. The Hall–Kier alpha value is -1.24. The van der Waals surface area contributed by atoms with Gasteiger partial charge in [0.2, 0.25) is 0 Å². The zero-order valence-electron chi connectivity index (χ0n) is 10.5. The van der Waals surface area contributed by atoms with Crippen LogP contribution in [0, 0.1) is 0 Å². The van der Waals surface area contributed by atoms with E-state index in [1.165, 1.54) is 0 Å². The standard InChI is InChI=1S/C11H21N5O/c1-3-16(5-6-17-4-2)9-10-7-14-11(15-12)8-13-10/h7-8H,3-6,9,12H2,1-2H3,(H,14,15). The number of likely N-dealkylation sites (N-methyl/N-ethyl adjacent to an activating group) is 1. The predicted octanol–water partition coefficient (Wildman–Crippen LogP) is 0.621. The number of nitrogens with zero attached hydrogens (tertiary/aromatic N) is 3. The van der Waals surface area contributed by atoms with E-state index in [9.17, 15) is 0 Å². The van der Waals surface area contributed by atoms with Crippen LogP contribution in [0.3, 0.4) is 0 Å². The molecule has 1 aromatic rings. The maximum absolute atomic E-state index is 5.34. The number of rotatable bonds is 8. The van der Waals surface area contributed by atoms with Crippen LogP contribution in [0.15, 0.2) is 12.4 Å². The van der Waals surface area contributed by atoms with Gasteiger partial charge in [-0.05, 0) is 13.5 Å². The lowest BCUT2D eigenvalue weighted by Crippen LogP contribution is -2.27. The molecule has 0 aliphatic carbocycles. The van der Waals surface area contributed by atoms with E-state index in [1.54, 1.807) is 12.4 Å². The van der Waals surface area contributed by atoms with E-state index < -0.39 is 0 Å². The molecule has 6 nitrogen and oxygen atoms in total. The Labute approximate surface area is 102 Å². The minimum absolute atomic E-state index is 0.575. The van der Waals surface area contributed by atoms with Crippen molar-refractivity contribution in [1.82, 2.24) is 14.9 Å². The largest absolute Gasteiger partial charge is 0.380 e. The molecule has 3 N–H and O–H groups in total. The number of hydrogen-bond donors (Lipinski definition) is 2. The summed E-state index contributed by atoms with van der Waals surface area (Å²) in [5, 5.41) is 0. The molecule has 1 heterocycles. The Kier molecular flexibility index (Phi) is 6.46. The third-order valence-electron chi connectivity index (χ3n) is 2.44. The van der Waals surface area contributed by atoms with Crippen LogP contribution in [0.1, 0.15) is 19.5 Å². The highest BCUT2D eigenvalue weighted by Gasteiger charge is 2.05. The van der Waals surface area contributed by atoms with Gasteiger partial charge in [-0.25, -0.2) is 10.8 Å². The molecule has 1 aromatic heterocycles. The Morgan fingerprint density at radius 2 is 2.18 bits per heavy atom. The molecule has 96 valence electrons. The molecule has 0 fully saturated rings. The monoisotopic (exact) mass is 239 g/mol. The number of aromatic nitrogens is 2. The third kappa shape index (κ3) is 5.08. The molecule has 0 unspecified atom stereocenters. The number of nitrogens with two attached hydrogens (primary N) is 1. The average Bonchev–Trinajstić information content (AvgIpc) is 2.38. The summed E-state index contributed by atoms with van der Waals surface area (Å²) in [7, 11) is 0. The van der Waals surface area contributed by atoms with Crippen LogP contribution in [-0.4, -0.2) is 41.2 Å². The number of hydrogen-bond acceptors (Lipinski definition) is 6. The van der Waals surface area contributed by atoms with Crippen molar-refractivity contribution in [1.29, 1.82) is 0 Å². The summed E-state index contributed by atoms with van der Waals surface area (Å²) in [5.41, 5.74) is 3.39. The van der Waals surface area contributed by atoms with Gasteiger partial charge in [0.1, 0.15) is 0 Å². The van der Waals surface area contributed by atoms with Gasteiger partial charge in [0.15, 0.2) is 5.82 Å². The van der Waals surface area contributed by atoms with Crippen molar-refractivity contribution >= 4 is 5.82 Å². The van der Waals surface area contributed by atoms with Gasteiger partial charge in [-0.1, -0.05) is 6.92 Å². The van der Waals surface area contributed by atoms with E-state index in [0.29, 0.717) is 5.82 Å². The van der Waals surface area contributed by atoms with Crippen molar-refractivity contribution in [3.05, 3.63) is 18.1 Å². The molecule has 0 aliphatic rings. The summed E-state index contributed by atoms with van der Waals surface area (Å²) < 4.78 is 5.34. The van der Waals surface area contributed by atoms with E-state index in [0.717, 1.165) is 38.5 Å². The van der Waals surface area contributed by atoms with Crippen LogP contribution in [0.25, 0.3) is 0 Å². The van der Waals surface area contributed by atoms with Crippen molar-refractivity contribution in [2.45, 2.75) is 20.4 Å². The summed E-state index contributed by atoms with van der Waals surface area (Å²) in [6.45, 7) is 8.28. The first-order valence-electron chi connectivity index (χ1n) is 5.87. The van der Waals surface area contributed by atoms with Gasteiger partial charge in [0.05, 0.1) is 24.7 Å². The minimum atomic E-state index is 0.575. The minimum Gasteiger partial charge on any atom is -0.380 e. The normalized spacial score (nSPS) is 10.8. The quantitative estimate of drug-likeness (QED) is 0.393. The van der Waals surface area contributed by atoms with Crippen molar-refractivity contribution in [2.75, 3.05) is 31.7 Å². The van der Waals surface area contributed by atoms with E-state index >= 15 is 0 Å². The Bertz CT molecular complexity index is 303. The summed E-state index contributed by atoms with van der Waals surface area (Å²) in [6.07, 6.45) is 3.37. The van der Waals surface area contributed by atoms with Gasteiger partial charge in [-0.15, -0.1) is 0 Å². The second-order valence-corrected chi connectivity index (χ2v) is 3.60. The number of ether oxygens (including phenoxy) is 1. The second kappa shape index (κ2) is 7.94. The van der Waals surface area contributed by atoms with Crippen LogP contribution >= 0.6 is 0 Å². The molecular formula is C11H21N5O. The number of nitrogens with one attached hydrogen (secondary N) is 1. The molecule has 6 heteroatoms. The molecule has 0 atom stereocenters. The van der Waals surface area contributed by atoms with E-state index in [2.05, 4.69) is 27.2 Å². The van der Waals surface area contributed by atoms with Crippen LogP contribution in [0.2, 0.25) is 0 Å². The van der Waals surface area contributed by atoms with E-state index in [-0.39, 0.29) is 0 Å². The molecule has 1 rings (SSSR count). The highest BCUT2D eigenvalue weighted by molar-refractivity contribution is 5.28. The molecule has 0 saturated heterocycles. The average molecular weight is 239 g/mol. The lowest BCUT2D eigenvalue weighted by Gasteiger charge is -2.19. The van der Waals surface area contributed by atoms with Gasteiger partial charge in [0, 0.05) is 19.7 Å². The summed E-state index contributed by atoms with van der Waals surface area (Å²) in [4.78, 5) is 10.7. The topological polar surface area (TPSA) is 76.3 Å². The van der Waals surface area contributed by atoms with Gasteiger partial charge in [0.25, 0.3) is 0 Å². The molecule has 0 aromatic carbocycles. The fourth-order valence-electron chi connectivity index (χ4n) is 1.43. The first-order chi connectivity index (χ1) is 8.30. The number of anilines is 1. The summed E-state index contributed by atoms with van der Waals surface area (Å²) in [5.74, 6) is 5.80. The van der Waals surface area contributed by atoms with Crippen molar-refractivity contribution in [3.63, 3.8) is 0 Å². The zero-order chi connectivity index (χ0) is 12.5. The maximum atomic E-state index is 5.34. The molecule has 17 heavy (non-hydrogen) atoms. The van der Waals surface area contributed by atoms with Crippen LogP contribution in [0.5, 0.6) is 0 Å². The van der Waals surface area contributed by atoms with Crippen LogP contribution in [-0.2, 0) is 11.3 Å². The number of hydrazine groups is 1. The molecule has 0 bridgehead atoms. The SMILES string of the molecule is CCOCCN(CC)Cc1cnc(NN)cn1. The Morgan fingerprint density at radius 1 is 1.35 bits per heavy atom. The second-order valence-electron chi connectivity index (χ2n) is 3.60. The van der Waals surface area contributed by atoms with Crippen LogP contribution in [0.4, 0.5) is 5.82 Å². The zero-order valence-corrected chi connectivity index (χ0v) is 10.5. The lowest BCUT2D eigenvalue weighted by atomic mass is 10.4. The maximum Gasteiger partial charge on any atom is 0.158 e. The predicted molar refractivity (Wildman–Crippen MR) is 67.3 cm³/mol. The molecular weight excluding hydrogens is 218 g/mol. The molecule has 0 aliphatic heterocycles. The summed E-state index contributed by atoms with van der Waals surface area (Å²) >= 11 is 0. The van der Waals surface area contributed by atoms with E-state index in [1.807, 2.05) is 6.92 Å². The number of nitrogen functional groups attached to an aromatic ring is 1. The van der Waals surface area contributed by atoms with Gasteiger partial charge in [-0.3, -0.25) is 9.88 Å². The Balaban J connectivity index is 2.43. The molecule has 0 amide bonds. The smallest absolute Gasteiger partial charge is 0.158 e. The first-order valence-corrected chi connectivity index (χ1v) is 5.87. The molecule has 0 radical (unpaired) electrons.